The number of benzene rings is 1. The van der Waals surface area contributed by atoms with E-state index < -0.39 is 76.9 Å². The molecule has 2 fully saturated rings. The maximum atomic E-state index is 13.2. The van der Waals surface area contributed by atoms with Gasteiger partial charge >= 0.3 is 72.8 Å². The number of fused-ring (bicyclic) bond motifs is 2. The minimum atomic E-state index is -8.93. The molecule has 1 aromatic carbocycles. The molecular weight excluding hydrogens is 1060 g/mol. The van der Waals surface area contributed by atoms with E-state index in [-0.39, 0.29) is 30.5 Å². The van der Waals surface area contributed by atoms with Crippen molar-refractivity contribution in [2.45, 2.75) is 90.2 Å². The molecule has 0 aliphatic carbocycles. The van der Waals surface area contributed by atoms with Gasteiger partial charge in [0, 0.05) is 28.1 Å². The number of nitrogens with zero attached hydrogens (tertiary/aromatic N) is 1. The molecular formula is C27H26F18INO10S3. The number of carbonyl (C=O) groups excluding carboxylic acids is 1. The van der Waals surface area contributed by atoms with Gasteiger partial charge in [-0.25, -0.2) is 0 Å². The van der Waals surface area contributed by atoms with E-state index in [4.69, 9.17) is 8.92 Å². The van der Waals surface area contributed by atoms with Gasteiger partial charge in [0.05, 0.1) is 25.9 Å². The zero-order valence-corrected chi connectivity index (χ0v) is 33.9. The maximum absolute atomic E-state index is 13.2. The van der Waals surface area contributed by atoms with E-state index in [0.29, 0.717) is 12.5 Å². The number of hydrogen-bond donors (Lipinski definition) is 0. The summed E-state index contributed by atoms with van der Waals surface area (Å²) >= 11 is 2.29. The Morgan fingerprint density at radius 1 is 0.700 bits per heavy atom. The summed E-state index contributed by atoms with van der Waals surface area (Å²) in [6, 6.07) is 8.97. The van der Waals surface area contributed by atoms with Gasteiger partial charge in [0.1, 0.15) is 0 Å². The van der Waals surface area contributed by atoms with Crippen molar-refractivity contribution < 1.29 is 122 Å². The Bertz CT molecular complexity index is 1950. The van der Waals surface area contributed by atoms with Crippen molar-refractivity contribution >= 4 is 58.9 Å². The predicted molar refractivity (Wildman–Crippen MR) is 172 cm³/mol. The third kappa shape index (κ3) is 10.1. The zero-order valence-electron chi connectivity index (χ0n) is 29.3. The fourth-order valence-corrected chi connectivity index (χ4v) is 9.16. The molecule has 4 atom stereocenters. The summed E-state index contributed by atoms with van der Waals surface area (Å²) in [5.74, 6) is -33.2. The molecule has 11 nitrogen and oxygen atoms in total. The minimum absolute atomic E-state index is 0.138. The van der Waals surface area contributed by atoms with Crippen LogP contribution in [0.5, 0.6) is 0 Å². The normalized spacial score (nSPS) is 21.9. The summed E-state index contributed by atoms with van der Waals surface area (Å²) in [4.78, 5) is 15.0. The van der Waals surface area contributed by atoms with Crippen molar-refractivity contribution in [3.63, 3.8) is 0 Å². The number of rotatable bonds is 15. The van der Waals surface area contributed by atoms with Gasteiger partial charge in [-0.3, -0.25) is 13.9 Å². The molecule has 1 aromatic rings. The molecule has 2 saturated heterocycles. The summed E-state index contributed by atoms with van der Waals surface area (Å²) in [5.41, 5.74) is 1.20. The maximum Gasteiger partial charge on any atom is 0.460 e. The van der Waals surface area contributed by atoms with Gasteiger partial charge in [0.25, 0.3) is 10.1 Å². The minimum Gasteiger partial charge on any atom is -0.469 e. The fourth-order valence-electron chi connectivity index (χ4n) is 5.87. The molecule has 0 saturated carbocycles. The van der Waals surface area contributed by atoms with Crippen LogP contribution in [0.15, 0.2) is 24.3 Å². The number of esters is 1. The molecule has 0 unspecified atom stereocenters. The van der Waals surface area contributed by atoms with Crippen molar-refractivity contribution in [2.24, 2.45) is 5.92 Å². The summed E-state index contributed by atoms with van der Waals surface area (Å²) < 4.78 is 304. The first-order valence-electron chi connectivity index (χ1n) is 15.5. The molecule has 60 heavy (non-hydrogen) atoms. The molecule has 0 aromatic heterocycles. The van der Waals surface area contributed by atoms with Crippen LogP contribution in [0.1, 0.15) is 37.2 Å². The van der Waals surface area contributed by atoms with E-state index >= 15 is 0 Å². The number of piperidine rings is 1. The molecule has 0 radical (unpaired) electrons. The Labute approximate surface area is 340 Å². The topological polar surface area (TPSA) is 150 Å². The number of carbonyl (C=O) groups is 1. The van der Waals surface area contributed by atoms with Crippen molar-refractivity contribution in [1.82, 2.24) is 4.90 Å². The van der Waals surface area contributed by atoms with Crippen LogP contribution in [0.3, 0.4) is 0 Å². The molecule has 2 aliphatic rings. The molecule has 0 N–H and O–H groups in total. The van der Waals surface area contributed by atoms with Crippen molar-refractivity contribution in [2.75, 3.05) is 26.5 Å². The average Bonchev–Trinajstić information content (AvgIpc) is 3.34. The highest BCUT2D eigenvalue weighted by Gasteiger charge is 2.89. The Hall–Kier alpha value is -2.11. The Morgan fingerprint density at radius 3 is 1.48 bits per heavy atom. The van der Waals surface area contributed by atoms with Gasteiger partial charge in [-0.15, -0.1) is 3.63 Å². The second-order valence-electron chi connectivity index (χ2n) is 12.7. The van der Waals surface area contributed by atoms with Crippen molar-refractivity contribution in [3.05, 3.63) is 33.4 Å². The first-order chi connectivity index (χ1) is 26.5. The second kappa shape index (κ2) is 17.5. The zero-order chi connectivity index (χ0) is 47.3. The summed E-state index contributed by atoms with van der Waals surface area (Å²) in [6.07, 6.45) is -10.9. The van der Waals surface area contributed by atoms with Crippen LogP contribution in [-0.4, -0.2) is 121 Å². The van der Waals surface area contributed by atoms with E-state index in [1.807, 2.05) is 0 Å². The van der Waals surface area contributed by atoms with E-state index in [0.717, 1.165) is 32.1 Å². The van der Waals surface area contributed by atoms with Crippen LogP contribution >= 0.6 is 22.6 Å². The average molecular weight is 1090 g/mol. The summed E-state index contributed by atoms with van der Waals surface area (Å²) in [6.45, 7) is 0.913. The molecule has 0 amide bonds. The quantitative estimate of drug-likeness (QED) is 0.0574. The molecule has 2 aliphatic heterocycles. The third-order valence-corrected chi connectivity index (χ3v) is 13.2. The van der Waals surface area contributed by atoms with Crippen molar-refractivity contribution in [1.29, 1.82) is 0 Å². The van der Waals surface area contributed by atoms with E-state index in [9.17, 15) is 109 Å². The number of ether oxygens (including phenoxy) is 1. The first-order valence-corrected chi connectivity index (χ1v) is 21.3. The molecule has 350 valence electrons. The number of alkyl halides is 18. The Balaban J connectivity index is 0.000000420. The van der Waals surface area contributed by atoms with Crippen LogP contribution in [0, 0.1) is 9.49 Å². The van der Waals surface area contributed by atoms with E-state index in [1.54, 1.807) is 0 Å². The van der Waals surface area contributed by atoms with Crippen LogP contribution in [0.4, 0.5) is 79.0 Å². The number of hydrogen-bond acceptors (Lipinski definition) is 11. The van der Waals surface area contributed by atoms with Gasteiger partial charge in [0.15, 0.2) is 0 Å². The number of halogens is 19. The molecule has 33 heteroatoms. The largest absolute Gasteiger partial charge is 0.469 e. The van der Waals surface area contributed by atoms with Gasteiger partial charge in [0.2, 0.25) is 0 Å². The van der Waals surface area contributed by atoms with Crippen LogP contribution < -0.4 is 0 Å². The molecule has 2 bridgehead atoms. The lowest BCUT2D eigenvalue weighted by molar-refractivity contribution is -0.383. The lowest BCUT2D eigenvalue weighted by Crippen LogP contribution is -2.65. The van der Waals surface area contributed by atoms with E-state index in [2.05, 4.69) is 51.8 Å². The molecule has 3 rings (SSSR count). The fraction of sp³-hybridized carbons (Fsp3) is 0.741. The molecule has 0 spiro atoms. The summed E-state index contributed by atoms with van der Waals surface area (Å²) in [7, 11) is -19.8. The Kier molecular flexibility index (Phi) is 15.7. The monoisotopic (exact) mass is 1090 g/mol. The first kappa shape index (κ1) is 54.0. The standard InChI is InChI=1S/C19H26INO5S.C8F18O5S2/c1-25-19(22)18-16(13-4-6-14(20)7-5-13)12-15-8-9-17(18)21(15)10-3-11-26-27(2,23)24;9-1(10,5(17,18)19)3(13,14)7(23,24)32(27,28)31-33(29,30)8(25,26)4(15,16)2(11,12)6(20,21)22/h4-7,15-18H,3,8-12H2,1-2H3;/t15-,16+,17+,18-;/m0./s1. The highest BCUT2D eigenvalue weighted by Crippen LogP contribution is 2.58. The summed E-state index contributed by atoms with van der Waals surface area (Å²) in [5, 5.41) is -16.5. The highest BCUT2D eigenvalue weighted by molar-refractivity contribution is 14.1. The smallest absolute Gasteiger partial charge is 0.460 e. The SMILES string of the molecule is COC(=O)[C@H]1[C@@H](c2ccc(I)cc2)C[C@@H]2CC[C@H]1N2CCCOS(C)(=O)=O.O=S(=O)(OS(=O)(=O)C(F)(F)C(F)(F)C(F)(F)C(F)(F)F)C(F)(F)C(F)(F)C(F)(F)C(F)(F)F. The van der Waals surface area contributed by atoms with Crippen LogP contribution in [0.2, 0.25) is 0 Å². The van der Waals surface area contributed by atoms with Gasteiger partial charge in [-0.05, 0) is 66.0 Å². The van der Waals surface area contributed by atoms with E-state index in [1.165, 1.54) is 19.9 Å². The Morgan fingerprint density at radius 2 is 1.12 bits per heavy atom. The van der Waals surface area contributed by atoms with Crippen LogP contribution in [0.25, 0.3) is 0 Å². The van der Waals surface area contributed by atoms with Crippen LogP contribution in [-0.2, 0) is 47.7 Å². The molecule has 2 heterocycles. The lowest BCUT2D eigenvalue weighted by atomic mass is 9.76. The second-order valence-corrected chi connectivity index (χ2v) is 18.9. The van der Waals surface area contributed by atoms with Gasteiger partial charge in [-0.1, -0.05) is 12.1 Å². The van der Waals surface area contributed by atoms with Gasteiger partial charge in [-0.2, -0.15) is 104 Å². The third-order valence-electron chi connectivity index (χ3n) is 8.73. The lowest BCUT2D eigenvalue weighted by Gasteiger charge is -2.43. The van der Waals surface area contributed by atoms with Gasteiger partial charge < -0.3 is 4.74 Å². The van der Waals surface area contributed by atoms with Crippen molar-refractivity contribution in [3.8, 4) is 0 Å². The highest BCUT2D eigenvalue weighted by atomic mass is 127. The number of methoxy groups -OCH3 is 1. The predicted octanol–water partition coefficient (Wildman–Crippen LogP) is 7.28.